The molecule has 3 aliphatic heterocycles. The topological polar surface area (TPSA) is 91.9 Å². The molecule has 1 N–H and O–H groups in total. The number of terminal acetylenes is 1. The first-order valence-corrected chi connectivity index (χ1v) is 15.3. The summed E-state index contributed by atoms with van der Waals surface area (Å²) < 4.78 is 41.6. The largest absolute Gasteiger partial charge is 0.508 e. The molecular formula is C34H32F2N4O4. The van der Waals surface area contributed by atoms with Gasteiger partial charge in [-0.3, -0.25) is 4.90 Å². The Labute approximate surface area is 252 Å². The number of hydrogen-bond donors (Lipinski definition) is 1. The fourth-order valence-electron chi connectivity index (χ4n) is 8.32. The molecule has 1 aliphatic carbocycles. The van der Waals surface area contributed by atoms with Crippen molar-refractivity contribution in [3.8, 4) is 35.4 Å². The van der Waals surface area contributed by atoms with Crippen molar-refractivity contribution in [1.82, 2.24) is 14.9 Å². The summed E-state index contributed by atoms with van der Waals surface area (Å²) in [5.74, 6) is 2.86. The maximum Gasteiger partial charge on any atom is 0.349 e. The first-order valence-electron chi connectivity index (χ1n) is 15.3. The summed E-state index contributed by atoms with van der Waals surface area (Å²) in [7, 11) is 0. The van der Waals surface area contributed by atoms with Gasteiger partial charge >= 0.3 is 11.6 Å². The monoisotopic (exact) mass is 598 g/mol. The molecule has 0 radical (unpaired) electrons. The predicted octanol–water partition coefficient (Wildman–Crippen LogP) is 5.48. The second-order valence-electron chi connectivity index (χ2n) is 12.9. The molecule has 4 aromatic rings. The number of rotatable bonds is 5. The fraction of sp³-hybridized carbons (Fsp3) is 0.441. The van der Waals surface area contributed by atoms with Gasteiger partial charge in [-0.25, -0.2) is 13.6 Å². The summed E-state index contributed by atoms with van der Waals surface area (Å²) in [6, 6.07) is 6.05. The number of benzene rings is 2. The van der Waals surface area contributed by atoms with Gasteiger partial charge < -0.3 is 19.2 Å². The quantitative estimate of drug-likeness (QED) is 0.302. The number of aryl methyl sites for hydroxylation is 1. The van der Waals surface area contributed by atoms with Gasteiger partial charge in [-0.15, -0.1) is 6.42 Å². The number of aromatic nitrogens is 2. The molecule has 2 aromatic heterocycles. The number of nitrogens with zero attached hydrogens (tertiary/aromatic N) is 4. The van der Waals surface area contributed by atoms with Gasteiger partial charge in [-0.05, 0) is 75.1 Å². The summed E-state index contributed by atoms with van der Waals surface area (Å²) in [5.41, 5.74) is 0.107. The third-order valence-corrected chi connectivity index (χ3v) is 10.3. The Morgan fingerprint density at radius 1 is 1.23 bits per heavy atom. The van der Waals surface area contributed by atoms with Crippen molar-refractivity contribution in [2.75, 3.05) is 31.1 Å². The van der Waals surface area contributed by atoms with Gasteiger partial charge in [-0.1, -0.05) is 12.0 Å². The summed E-state index contributed by atoms with van der Waals surface area (Å²) in [5, 5.41) is 11.7. The number of fused-ring (bicyclic) bond motifs is 5. The number of anilines is 1. The summed E-state index contributed by atoms with van der Waals surface area (Å²) in [4.78, 5) is 27.8. The summed E-state index contributed by atoms with van der Waals surface area (Å²) in [6.07, 6.45) is 10.3. The maximum atomic E-state index is 14.9. The van der Waals surface area contributed by atoms with Crippen molar-refractivity contribution in [3.05, 3.63) is 51.6 Å². The zero-order valence-electron chi connectivity index (χ0n) is 24.4. The van der Waals surface area contributed by atoms with Crippen LogP contribution in [0.15, 0.2) is 33.5 Å². The molecule has 8 nitrogen and oxygen atoms in total. The Morgan fingerprint density at radius 3 is 2.86 bits per heavy atom. The van der Waals surface area contributed by atoms with Crippen LogP contribution in [0.2, 0.25) is 0 Å². The number of ether oxygens (including phenoxy) is 1. The minimum atomic E-state index is -0.892. The van der Waals surface area contributed by atoms with E-state index in [-0.39, 0.29) is 46.7 Å². The van der Waals surface area contributed by atoms with E-state index in [9.17, 15) is 18.7 Å². The van der Waals surface area contributed by atoms with Crippen molar-refractivity contribution in [2.45, 2.75) is 63.2 Å². The number of phenols is 1. The summed E-state index contributed by atoms with van der Waals surface area (Å²) in [6.45, 7) is 4.04. The van der Waals surface area contributed by atoms with Gasteiger partial charge in [0.05, 0.1) is 16.6 Å². The molecule has 44 heavy (non-hydrogen) atoms. The smallest absolute Gasteiger partial charge is 0.349 e. The highest BCUT2D eigenvalue weighted by Gasteiger charge is 2.49. The van der Waals surface area contributed by atoms with Gasteiger partial charge in [-0.2, -0.15) is 9.97 Å². The number of halogens is 2. The molecule has 0 spiro atoms. The molecule has 2 unspecified atom stereocenters. The van der Waals surface area contributed by atoms with Crippen LogP contribution >= 0.6 is 0 Å². The van der Waals surface area contributed by atoms with E-state index in [1.165, 1.54) is 24.3 Å². The zero-order valence-corrected chi connectivity index (χ0v) is 24.4. The lowest BCUT2D eigenvalue weighted by Crippen LogP contribution is -2.43. The molecule has 2 aromatic carbocycles. The molecule has 5 heterocycles. The van der Waals surface area contributed by atoms with E-state index >= 15 is 0 Å². The number of aromatic hydroxyl groups is 1. The highest BCUT2D eigenvalue weighted by atomic mass is 19.1. The van der Waals surface area contributed by atoms with Crippen molar-refractivity contribution < 1.29 is 23.0 Å². The second kappa shape index (κ2) is 9.89. The lowest BCUT2D eigenvalue weighted by Gasteiger charge is -2.31. The maximum absolute atomic E-state index is 14.9. The predicted molar refractivity (Wildman–Crippen MR) is 162 cm³/mol. The van der Waals surface area contributed by atoms with Crippen molar-refractivity contribution in [1.29, 1.82) is 0 Å². The van der Waals surface area contributed by atoms with E-state index in [1.54, 1.807) is 6.92 Å². The molecule has 226 valence electrons. The van der Waals surface area contributed by atoms with Gasteiger partial charge in [0.1, 0.15) is 35.5 Å². The van der Waals surface area contributed by atoms with Crippen LogP contribution < -0.4 is 15.3 Å². The minimum Gasteiger partial charge on any atom is -0.508 e. The van der Waals surface area contributed by atoms with Crippen LogP contribution in [-0.2, 0) is 0 Å². The van der Waals surface area contributed by atoms with E-state index in [0.717, 1.165) is 45.2 Å². The van der Waals surface area contributed by atoms with Crippen LogP contribution in [0.3, 0.4) is 0 Å². The first-order chi connectivity index (χ1) is 21.2. The Morgan fingerprint density at radius 2 is 2.09 bits per heavy atom. The Bertz CT molecular complexity index is 1950. The Kier molecular flexibility index (Phi) is 6.14. The standard InChI is InChI=1S/C34H32F2N4O4/c1-3-24-26(36)8-6-20-12-23(41)13-25(27(20)24)30-18(2)29-28(32(42)44-30)31(40-15-19-5-7-22(40)11-19)38-33(37-29)43-17-34-9-4-10-39(34)16-21(35)14-34/h1,6,8,12-13,19,21-22,41H,4-5,7,9-11,14-17H2,2H3/t19?,21-,22?,34+/m1/s1. The first kappa shape index (κ1) is 27.3. The average molecular weight is 599 g/mol. The number of hydrogen-bond acceptors (Lipinski definition) is 8. The van der Waals surface area contributed by atoms with Crippen molar-refractivity contribution in [3.63, 3.8) is 0 Å². The molecule has 2 bridgehead atoms. The number of alkyl halides is 1. The summed E-state index contributed by atoms with van der Waals surface area (Å²) >= 11 is 0. The molecule has 4 fully saturated rings. The third-order valence-electron chi connectivity index (χ3n) is 10.3. The molecule has 4 atom stereocenters. The van der Waals surface area contributed by atoms with Crippen LogP contribution in [0, 0.1) is 31.0 Å². The Balaban J connectivity index is 1.32. The van der Waals surface area contributed by atoms with Gasteiger partial charge in [0.2, 0.25) is 0 Å². The molecule has 10 heteroatoms. The highest BCUT2D eigenvalue weighted by molar-refractivity contribution is 6.03. The van der Waals surface area contributed by atoms with Crippen LogP contribution in [-0.4, -0.2) is 64.0 Å². The van der Waals surface area contributed by atoms with Gasteiger partial charge in [0.25, 0.3) is 0 Å². The molecule has 8 rings (SSSR count). The van der Waals surface area contributed by atoms with Crippen molar-refractivity contribution in [2.24, 2.45) is 5.92 Å². The highest BCUT2D eigenvalue weighted by Crippen LogP contribution is 2.44. The lowest BCUT2D eigenvalue weighted by molar-refractivity contribution is 0.107. The SMILES string of the molecule is C#Cc1c(F)ccc2cc(O)cc(-c3oc(=O)c4c(N5CC6CCC5C6)nc(OC[C@@]56CCCN5C[C@H](F)C6)nc4c3C)c12. The van der Waals surface area contributed by atoms with E-state index < -0.39 is 23.2 Å². The van der Waals surface area contributed by atoms with Crippen molar-refractivity contribution >= 4 is 27.5 Å². The van der Waals surface area contributed by atoms with E-state index in [4.69, 9.17) is 25.5 Å². The van der Waals surface area contributed by atoms with Crippen LogP contribution in [0.5, 0.6) is 11.8 Å². The van der Waals surface area contributed by atoms with Crippen LogP contribution in [0.25, 0.3) is 33.0 Å². The Hall–Kier alpha value is -4.23. The van der Waals surface area contributed by atoms with E-state index in [2.05, 4.69) is 15.7 Å². The van der Waals surface area contributed by atoms with Crippen LogP contribution in [0.1, 0.15) is 49.7 Å². The lowest BCUT2D eigenvalue weighted by atomic mass is 9.95. The minimum absolute atomic E-state index is 0.00300. The number of piperidine rings is 1. The van der Waals surface area contributed by atoms with E-state index in [0.29, 0.717) is 46.6 Å². The van der Waals surface area contributed by atoms with Gasteiger partial charge in [0.15, 0.2) is 5.82 Å². The molecule has 0 amide bonds. The molecule has 1 saturated carbocycles. The van der Waals surface area contributed by atoms with Gasteiger partial charge in [0, 0.05) is 42.1 Å². The average Bonchev–Trinajstić information content (AvgIpc) is 3.79. The number of phenolic OH excluding ortho intramolecular Hbond substituents is 1. The third kappa shape index (κ3) is 4.09. The normalized spacial score (nSPS) is 26.1. The molecule has 3 saturated heterocycles. The fourth-order valence-corrected chi connectivity index (χ4v) is 8.32. The zero-order chi connectivity index (χ0) is 30.3. The molecule has 4 aliphatic rings. The van der Waals surface area contributed by atoms with Crippen LogP contribution in [0.4, 0.5) is 14.6 Å². The molecular weight excluding hydrogens is 566 g/mol. The second-order valence-corrected chi connectivity index (χ2v) is 12.9. The van der Waals surface area contributed by atoms with E-state index in [1.807, 2.05) is 0 Å².